The lowest BCUT2D eigenvalue weighted by atomic mass is 10.3. The summed E-state index contributed by atoms with van der Waals surface area (Å²) in [5, 5.41) is 17.4. The van der Waals surface area contributed by atoms with Crippen LogP contribution < -0.4 is 0 Å². The Morgan fingerprint density at radius 3 is 2.16 bits per heavy atom. The Morgan fingerprint density at radius 2 is 1.74 bits per heavy atom. The SMILES string of the molecule is CN(C(=O)CN(CC(=O)O)CC(=O)O)C1=CCCC1. The maximum absolute atomic E-state index is 12.0. The Labute approximate surface area is 111 Å². The van der Waals surface area contributed by atoms with Crippen molar-refractivity contribution in [2.45, 2.75) is 19.3 Å². The van der Waals surface area contributed by atoms with Crippen LogP contribution in [0.4, 0.5) is 0 Å². The average molecular weight is 270 g/mol. The molecule has 0 bridgehead atoms. The Bertz CT molecular complexity index is 389. The lowest BCUT2D eigenvalue weighted by molar-refractivity contribution is -0.142. The summed E-state index contributed by atoms with van der Waals surface area (Å²) in [6.07, 6.45) is 4.72. The summed E-state index contributed by atoms with van der Waals surface area (Å²) < 4.78 is 0. The van der Waals surface area contributed by atoms with Crippen LogP contribution >= 0.6 is 0 Å². The fourth-order valence-corrected chi connectivity index (χ4v) is 1.97. The van der Waals surface area contributed by atoms with E-state index in [-0.39, 0.29) is 12.5 Å². The van der Waals surface area contributed by atoms with Gasteiger partial charge in [-0.3, -0.25) is 19.3 Å². The molecule has 106 valence electrons. The van der Waals surface area contributed by atoms with Gasteiger partial charge in [-0.05, 0) is 19.3 Å². The van der Waals surface area contributed by atoms with Crippen molar-refractivity contribution in [3.63, 3.8) is 0 Å². The van der Waals surface area contributed by atoms with Crippen molar-refractivity contribution in [1.29, 1.82) is 0 Å². The van der Waals surface area contributed by atoms with Crippen LogP contribution in [0.5, 0.6) is 0 Å². The van der Waals surface area contributed by atoms with Crippen molar-refractivity contribution in [3.05, 3.63) is 11.8 Å². The van der Waals surface area contributed by atoms with Gasteiger partial charge in [0.1, 0.15) is 0 Å². The average Bonchev–Trinajstić information content (AvgIpc) is 2.79. The van der Waals surface area contributed by atoms with Gasteiger partial charge < -0.3 is 15.1 Å². The van der Waals surface area contributed by atoms with E-state index in [2.05, 4.69) is 0 Å². The van der Waals surface area contributed by atoms with Crippen LogP contribution in [0.3, 0.4) is 0 Å². The minimum absolute atomic E-state index is 0.216. The van der Waals surface area contributed by atoms with Gasteiger partial charge in [-0.15, -0.1) is 0 Å². The quantitative estimate of drug-likeness (QED) is 0.675. The number of rotatable bonds is 7. The molecule has 7 nitrogen and oxygen atoms in total. The van der Waals surface area contributed by atoms with E-state index >= 15 is 0 Å². The molecule has 2 N–H and O–H groups in total. The van der Waals surface area contributed by atoms with Crippen molar-refractivity contribution in [1.82, 2.24) is 9.80 Å². The maximum Gasteiger partial charge on any atom is 0.317 e. The van der Waals surface area contributed by atoms with E-state index < -0.39 is 25.0 Å². The summed E-state index contributed by atoms with van der Waals surface area (Å²) in [5.41, 5.74) is 0.913. The number of hydrogen-bond donors (Lipinski definition) is 2. The molecule has 0 fully saturated rings. The minimum atomic E-state index is -1.16. The molecule has 0 heterocycles. The summed E-state index contributed by atoms with van der Waals surface area (Å²) in [6, 6.07) is 0. The topological polar surface area (TPSA) is 98.2 Å². The van der Waals surface area contributed by atoms with E-state index in [1.807, 2.05) is 6.08 Å². The zero-order valence-electron chi connectivity index (χ0n) is 10.8. The van der Waals surface area contributed by atoms with Gasteiger partial charge in [0, 0.05) is 12.7 Å². The van der Waals surface area contributed by atoms with Gasteiger partial charge in [-0.25, -0.2) is 0 Å². The van der Waals surface area contributed by atoms with Crippen molar-refractivity contribution in [2.75, 3.05) is 26.7 Å². The van der Waals surface area contributed by atoms with Gasteiger partial charge in [0.2, 0.25) is 5.91 Å². The molecule has 1 rings (SSSR count). The second kappa shape index (κ2) is 6.89. The fourth-order valence-electron chi connectivity index (χ4n) is 1.97. The lowest BCUT2D eigenvalue weighted by Crippen LogP contribution is -2.42. The number of aliphatic carboxylic acids is 2. The highest BCUT2D eigenvalue weighted by Gasteiger charge is 2.21. The molecule has 0 radical (unpaired) electrons. The number of amides is 1. The molecule has 0 aromatic rings. The molecule has 0 atom stereocenters. The molecular weight excluding hydrogens is 252 g/mol. The Balaban J connectivity index is 2.58. The fraction of sp³-hybridized carbons (Fsp3) is 0.583. The molecule has 0 aromatic heterocycles. The Kier molecular flexibility index (Phi) is 5.50. The molecule has 1 amide bonds. The maximum atomic E-state index is 12.0. The molecular formula is C12H18N2O5. The van der Waals surface area contributed by atoms with Crippen LogP contribution in [0, 0.1) is 0 Å². The van der Waals surface area contributed by atoms with E-state index in [1.54, 1.807) is 7.05 Å². The Hall–Kier alpha value is -1.89. The number of likely N-dealkylation sites (N-methyl/N-ethyl adjacent to an activating group) is 1. The van der Waals surface area contributed by atoms with E-state index in [0.29, 0.717) is 0 Å². The molecule has 1 aliphatic rings. The largest absolute Gasteiger partial charge is 0.480 e. The van der Waals surface area contributed by atoms with Crippen molar-refractivity contribution >= 4 is 17.8 Å². The third-order valence-corrected chi connectivity index (χ3v) is 2.90. The molecule has 19 heavy (non-hydrogen) atoms. The van der Waals surface area contributed by atoms with Crippen LogP contribution in [0.1, 0.15) is 19.3 Å². The van der Waals surface area contributed by atoms with Gasteiger partial charge in [-0.1, -0.05) is 6.08 Å². The van der Waals surface area contributed by atoms with Gasteiger partial charge in [0.15, 0.2) is 0 Å². The highest BCUT2D eigenvalue weighted by Crippen LogP contribution is 2.20. The monoisotopic (exact) mass is 270 g/mol. The smallest absolute Gasteiger partial charge is 0.317 e. The number of carbonyl (C=O) groups excluding carboxylic acids is 1. The van der Waals surface area contributed by atoms with E-state index in [4.69, 9.17) is 10.2 Å². The zero-order valence-corrected chi connectivity index (χ0v) is 10.8. The number of carboxylic acids is 2. The van der Waals surface area contributed by atoms with Crippen LogP contribution in [0.2, 0.25) is 0 Å². The number of allylic oxidation sites excluding steroid dienone is 2. The molecule has 0 aromatic carbocycles. The first kappa shape index (κ1) is 15.2. The summed E-state index contributed by atoms with van der Waals surface area (Å²) in [6.45, 7) is -1.15. The predicted molar refractivity (Wildman–Crippen MR) is 66.4 cm³/mol. The highest BCUT2D eigenvalue weighted by molar-refractivity contribution is 5.81. The summed E-state index contributed by atoms with van der Waals surface area (Å²) in [7, 11) is 1.62. The zero-order chi connectivity index (χ0) is 14.4. The van der Waals surface area contributed by atoms with Crippen molar-refractivity contribution < 1.29 is 24.6 Å². The first-order valence-corrected chi connectivity index (χ1v) is 6.01. The predicted octanol–water partition coefficient (Wildman–Crippen LogP) is -0.0162. The second-order valence-corrected chi connectivity index (χ2v) is 4.47. The lowest BCUT2D eigenvalue weighted by Gasteiger charge is -2.23. The van der Waals surface area contributed by atoms with E-state index in [0.717, 1.165) is 29.9 Å². The molecule has 0 aliphatic heterocycles. The summed E-state index contributed by atoms with van der Waals surface area (Å²) in [4.78, 5) is 35.8. The van der Waals surface area contributed by atoms with Crippen molar-refractivity contribution in [3.8, 4) is 0 Å². The minimum Gasteiger partial charge on any atom is -0.480 e. The summed E-state index contributed by atoms with van der Waals surface area (Å²) >= 11 is 0. The van der Waals surface area contributed by atoms with Gasteiger partial charge in [0.25, 0.3) is 0 Å². The first-order valence-electron chi connectivity index (χ1n) is 6.01. The van der Waals surface area contributed by atoms with Crippen LogP contribution in [-0.4, -0.2) is 64.5 Å². The van der Waals surface area contributed by atoms with Crippen molar-refractivity contribution in [2.24, 2.45) is 0 Å². The normalized spacial score (nSPS) is 14.3. The number of carboxylic acid groups (broad SMARTS) is 2. The molecule has 0 unspecified atom stereocenters. The van der Waals surface area contributed by atoms with Crippen LogP contribution in [0.25, 0.3) is 0 Å². The third-order valence-electron chi connectivity index (χ3n) is 2.90. The summed E-state index contributed by atoms with van der Waals surface area (Å²) in [5.74, 6) is -2.61. The standard InChI is InChI=1S/C12H18N2O5/c1-13(9-4-2-3-5-9)10(15)6-14(7-11(16)17)8-12(18)19/h4H,2-3,5-8H2,1H3,(H,16,17)(H,18,19). The number of carbonyl (C=O) groups is 3. The number of nitrogens with zero attached hydrogens (tertiary/aromatic N) is 2. The third kappa shape index (κ3) is 5.09. The number of hydrogen-bond acceptors (Lipinski definition) is 4. The Morgan fingerprint density at radius 1 is 1.16 bits per heavy atom. The van der Waals surface area contributed by atoms with E-state index in [9.17, 15) is 14.4 Å². The molecule has 1 aliphatic carbocycles. The van der Waals surface area contributed by atoms with Gasteiger partial charge >= 0.3 is 11.9 Å². The van der Waals surface area contributed by atoms with Crippen LogP contribution in [0.15, 0.2) is 11.8 Å². The molecule has 0 spiro atoms. The highest BCUT2D eigenvalue weighted by atomic mass is 16.4. The molecule has 0 saturated carbocycles. The van der Waals surface area contributed by atoms with E-state index in [1.165, 1.54) is 4.90 Å². The van der Waals surface area contributed by atoms with Gasteiger partial charge in [0.05, 0.1) is 19.6 Å². The molecule has 7 heteroatoms. The second-order valence-electron chi connectivity index (χ2n) is 4.47. The first-order chi connectivity index (χ1) is 8.90. The van der Waals surface area contributed by atoms with Gasteiger partial charge in [-0.2, -0.15) is 0 Å². The molecule has 0 saturated heterocycles. The van der Waals surface area contributed by atoms with Crippen LogP contribution in [-0.2, 0) is 14.4 Å².